The number of hydrogen-bond donors (Lipinski definition) is 1. The van der Waals surface area contributed by atoms with Crippen LogP contribution in [0.4, 0.5) is 10.1 Å². The van der Waals surface area contributed by atoms with E-state index in [2.05, 4.69) is 5.32 Å². The Balaban J connectivity index is 2.13. The first-order valence-corrected chi connectivity index (χ1v) is 7.65. The molecule has 0 unspecified atom stereocenters. The van der Waals surface area contributed by atoms with E-state index in [9.17, 15) is 9.18 Å². The number of carbonyl (C=O) groups is 1. The van der Waals surface area contributed by atoms with E-state index >= 15 is 0 Å². The molecule has 2 aromatic carbocycles. The third-order valence-corrected chi connectivity index (χ3v) is 3.52. The van der Waals surface area contributed by atoms with Gasteiger partial charge < -0.3 is 5.32 Å². The van der Waals surface area contributed by atoms with Crippen molar-refractivity contribution in [1.29, 1.82) is 0 Å². The quantitative estimate of drug-likeness (QED) is 0.911. The molecule has 1 amide bonds. The Labute approximate surface area is 122 Å². The van der Waals surface area contributed by atoms with Gasteiger partial charge in [0.2, 0.25) is 0 Å². The lowest BCUT2D eigenvalue weighted by atomic mass is 10.1. The normalized spacial score (nSPS) is 10.3. The van der Waals surface area contributed by atoms with E-state index in [4.69, 9.17) is 0 Å². The van der Waals surface area contributed by atoms with Gasteiger partial charge >= 0.3 is 0 Å². The molecule has 0 aromatic heterocycles. The molecule has 20 heavy (non-hydrogen) atoms. The van der Waals surface area contributed by atoms with Crippen LogP contribution in [-0.2, 0) is 5.75 Å². The van der Waals surface area contributed by atoms with Crippen molar-refractivity contribution >= 4 is 23.4 Å². The summed E-state index contributed by atoms with van der Waals surface area (Å²) in [7, 11) is 0. The maximum atomic E-state index is 13.6. The molecule has 0 aliphatic rings. The molecule has 0 aliphatic carbocycles. The van der Waals surface area contributed by atoms with Crippen LogP contribution in [-0.4, -0.2) is 12.2 Å². The fourth-order valence-corrected chi connectivity index (χ4v) is 2.37. The molecule has 0 heterocycles. The molecule has 2 nitrogen and oxygen atoms in total. The van der Waals surface area contributed by atoms with Gasteiger partial charge in [0.05, 0.1) is 5.69 Å². The zero-order chi connectivity index (χ0) is 14.5. The summed E-state index contributed by atoms with van der Waals surface area (Å²) < 4.78 is 13.6. The summed E-state index contributed by atoms with van der Waals surface area (Å²) in [5, 5.41) is 2.60. The highest BCUT2D eigenvalue weighted by atomic mass is 32.2. The lowest BCUT2D eigenvalue weighted by Gasteiger charge is -2.08. The molecule has 1 N–H and O–H groups in total. The zero-order valence-corrected chi connectivity index (χ0v) is 12.3. The summed E-state index contributed by atoms with van der Waals surface area (Å²) in [6.45, 7) is 1.85. The molecule has 104 valence electrons. The van der Waals surface area contributed by atoms with Crippen molar-refractivity contribution in [3.63, 3.8) is 0 Å². The Morgan fingerprint density at radius 3 is 2.55 bits per heavy atom. The van der Waals surface area contributed by atoms with Crippen LogP contribution in [0.25, 0.3) is 0 Å². The van der Waals surface area contributed by atoms with Crippen molar-refractivity contribution in [3.05, 3.63) is 65.0 Å². The lowest BCUT2D eigenvalue weighted by Crippen LogP contribution is -2.13. The monoisotopic (exact) mass is 289 g/mol. The lowest BCUT2D eigenvalue weighted by molar-refractivity contribution is 0.102. The van der Waals surface area contributed by atoms with Crippen molar-refractivity contribution in [2.24, 2.45) is 0 Å². The van der Waals surface area contributed by atoms with Gasteiger partial charge in [-0.15, -0.1) is 0 Å². The van der Waals surface area contributed by atoms with E-state index < -0.39 is 5.82 Å². The third kappa shape index (κ3) is 3.61. The van der Waals surface area contributed by atoms with Gasteiger partial charge in [-0.25, -0.2) is 4.39 Å². The summed E-state index contributed by atoms with van der Waals surface area (Å²) in [6.07, 6.45) is 2.03. The Hall–Kier alpha value is -1.81. The number of benzene rings is 2. The van der Waals surface area contributed by atoms with Gasteiger partial charge in [-0.1, -0.05) is 18.2 Å². The van der Waals surface area contributed by atoms with Crippen molar-refractivity contribution in [2.45, 2.75) is 12.7 Å². The molecule has 0 atom stereocenters. The van der Waals surface area contributed by atoms with Gasteiger partial charge in [-0.2, -0.15) is 11.8 Å². The van der Waals surface area contributed by atoms with E-state index in [-0.39, 0.29) is 11.6 Å². The first kappa shape index (κ1) is 14.6. The van der Waals surface area contributed by atoms with Crippen LogP contribution in [0.5, 0.6) is 0 Å². The summed E-state index contributed by atoms with van der Waals surface area (Å²) in [5.41, 5.74) is 2.80. The highest BCUT2D eigenvalue weighted by Crippen LogP contribution is 2.17. The largest absolute Gasteiger partial charge is 0.319 e. The summed E-state index contributed by atoms with van der Waals surface area (Å²) >= 11 is 1.73. The summed E-state index contributed by atoms with van der Waals surface area (Å²) in [4.78, 5) is 12.1. The van der Waals surface area contributed by atoms with Crippen LogP contribution in [0.3, 0.4) is 0 Å². The smallest absolute Gasteiger partial charge is 0.255 e. The van der Waals surface area contributed by atoms with Gasteiger partial charge in [-0.3, -0.25) is 4.79 Å². The first-order chi connectivity index (χ1) is 9.60. The van der Waals surface area contributed by atoms with Crippen LogP contribution >= 0.6 is 11.8 Å². The van der Waals surface area contributed by atoms with Crippen molar-refractivity contribution in [3.8, 4) is 0 Å². The highest BCUT2D eigenvalue weighted by molar-refractivity contribution is 7.97. The minimum atomic E-state index is -0.428. The minimum absolute atomic E-state index is 0.211. The number of nitrogens with one attached hydrogen (secondary N) is 1. The second-order valence-corrected chi connectivity index (χ2v) is 5.43. The fourth-order valence-electron chi connectivity index (χ4n) is 1.85. The van der Waals surface area contributed by atoms with Gasteiger partial charge in [0.15, 0.2) is 0 Å². The molecular formula is C16H16FNOS. The molecule has 0 saturated carbocycles. The van der Waals surface area contributed by atoms with E-state index in [1.54, 1.807) is 36.0 Å². The van der Waals surface area contributed by atoms with Crippen LogP contribution in [0, 0.1) is 12.7 Å². The number of thioether (sulfide) groups is 1. The summed E-state index contributed by atoms with van der Waals surface area (Å²) in [6, 6.07) is 12.0. The summed E-state index contributed by atoms with van der Waals surface area (Å²) in [5.74, 6) is 0.183. The molecule has 0 saturated heterocycles. The standard InChI is InChI=1S/C16H16FNOS/c1-11-3-8-14(17)15(9-11)18-16(19)13-6-4-12(5-7-13)10-20-2/h3-9H,10H2,1-2H3,(H,18,19). The average molecular weight is 289 g/mol. The van der Waals surface area contributed by atoms with Crippen molar-refractivity contribution < 1.29 is 9.18 Å². The van der Waals surface area contributed by atoms with Crippen LogP contribution in [0.1, 0.15) is 21.5 Å². The number of carbonyl (C=O) groups excluding carboxylic acids is 1. The van der Waals surface area contributed by atoms with Crippen molar-refractivity contribution in [2.75, 3.05) is 11.6 Å². The minimum Gasteiger partial charge on any atom is -0.319 e. The second kappa shape index (κ2) is 6.57. The Morgan fingerprint density at radius 2 is 1.90 bits per heavy atom. The molecular weight excluding hydrogens is 273 g/mol. The Morgan fingerprint density at radius 1 is 1.20 bits per heavy atom. The van der Waals surface area contributed by atoms with Gasteiger partial charge in [0.1, 0.15) is 5.82 Å². The molecule has 0 aliphatic heterocycles. The molecule has 4 heteroatoms. The molecule has 0 radical (unpaired) electrons. The van der Waals surface area contributed by atoms with E-state index in [1.807, 2.05) is 25.3 Å². The SMILES string of the molecule is CSCc1ccc(C(=O)Nc2cc(C)ccc2F)cc1. The molecule has 0 fully saturated rings. The van der Waals surface area contributed by atoms with Gasteiger partial charge in [-0.05, 0) is 48.6 Å². The number of amides is 1. The first-order valence-electron chi connectivity index (χ1n) is 6.25. The van der Waals surface area contributed by atoms with E-state index in [0.717, 1.165) is 16.9 Å². The topological polar surface area (TPSA) is 29.1 Å². The Kier molecular flexibility index (Phi) is 4.79. The van der Waals surface area contributed by atoms with Crippen LogP contribution < -0.4 is 5.32 Å². The Bertz CT molecular complexity index is 610. The van der Waals surface area contributed by atoms with Gasteiger partial charge in [0.25, 0.3) is 5.91 Å². The number of rotatable bonds is 4. The number of hydrogen-bond acceptors (Lipinski definition) is 2. The number of anilines is 1. The average Bonchev–Trinajstić information content (AvgIpc) is 2.44. The third-order valence-electron chi connectivity index (χ3n) is 2.90. The predicted molar refractivity (Wildman–Crippen MR) is 82.8 cm³/mol. The number of halogens is 1. The highest BCUT2D eigenvalue weighted by Gasteiger charge is 2.09. The van der Waals surface area contributed by atoms with Gasteiger partial charge in [0, 0.05) is 11.3 Å². The molecule has 2 rings (SSSR count). The predicted octanol–water partition coefficient (Wildman–Crippen LogP) is 4.25. The second-order valence-electron chi connectivity index (χ2n) is 4.57. The van der Waals surface area contributed by atoms with E-state index in [0.29, 0.717) is 5.56 Å². The van der Waals surface area contributed by atoms with Crippen LogP contribution in [0.2, 0.25) is 0 Å². The molecule has 0 bridgehead atoms. The zero-order valence-electron chi connectivity index (χ0n) is 11.4. The number of aryl methyl sites for hydroxylation is 1. The van der Waals surface area contributed by atoms with Crippen LogP contribution in [0.15, 0.2) is 42.5 Å². The van der Waals surface area contributed by atoms with E-state index in [1.165, 1.54) is 6.07 Å². The maximum absolute atomic E-state index is 13.6. The maximum Gasteiger partial charge on any atom is 0.255 e. The fraction of sp³-hybridized carbons (Fsp3) is 0.188. The molecule has 2 aromatic rings. The van der Waals surface area contributed by atoms with Crippen molar-refractivity contribution in [1.82, 2.24) is 0 Å². The molecule has 0 spiro atoms.